The van der Waals surface area contributed by atoms with E-state index in [9.17, 15) is 0 Å². The zero-order chi connectivity index (χ0) is 8.10. The standard InChI is InChI=1S/C6H11N5/c7-1-2-9-5-3-10-6(8)11-4-5/h3-4,9H,1-2,7H2,(H2,8,10,11). The molecule has 0 atom stereocenters. The van der Waals surface area contributed by atoms with Gasteiger partial charge in [-0.15, -0.1) is 0 Å². The van der Waals surface area contributed by atoms with Crippen molar-refractivity contribution in [2.75, 3.05) is 24.1 Å². The molecule has 0 aliphatic heterocycles. The molecule has 0 saturated heterocycles. The van der Waals surface area contributed by atoms with Crippen LogP contribution in [0.5, 0.6) is 0 Å². The third-order valence-corrected chi connectivity index (χ3v) is 1.15. The highest BCUT2D eigenvalue weighted by Crippen LogP contribution is 2.01. The van der Waals surface area contributed by atoms with E-state index in [0.29, 0.717) is 13.1 Å². The van der Waals surface area contributed by atoms with Crippen molar-refractivity contribution in [3.8, 4) is 0 Å². The molecule has 0 bridgehead atoms. The Labute approximate surface area is 64.8 Å². The van der Waals surface area contributed by atoms with Gasteiger partial charge in [0.1, 0.15) is 0 Å². The number of nitrogens with one attached hydrogen (secondary N) is 1. The summed E-state index contributed by atoms with van der Waals surface area (Å²) in [5, 5.41) is 3.02. The maximum atomic E-state index is 5.28. The van der Waals surface area contributed by atoms with Gasteiger partial charge in [0.2, 0.25) is 5.95 Å². The van der Waals surface area contributed by atoms with E-state index >= 15 is 0 Å². The second kappa shape index (κ2) is 3.72. The SMILES string of the molecule is NCCNc1cnc(N)nc1. The Morgan fingerprint density at radius 3 is 2.55 bits per heavy atom. The Kier molecular flexibility index (Phi) is 2.62. The highest BCUT2D eigenvalue weighted by Gasteiger charge is 1.90. The molecule has 5 N–H and O–H groups in total. The van der Waals surface area contributed by atoms with Crippen LogP contribution in [0.25, 0.3) is 0 Å². The van der Waals surface area contributed by atoms with Gasteiger partial charge >= 0.3 is 0 Å². The van der Waals surface area contributed by atoms with Crippen LogP contribution in [0.1, 0.15) is 0 Å². The largest absolute Gasteiger partial charge is 0.381 e. The second-order valence-electron chi connectivity index (χ2n) is 2.05. The molecular formula is C6H11N5. The zero-order valence-corrected chi connectivity index (χ0v) is 6.12. The fourth-order valence-electron chi connectivity index (χ4n) is 0.646. The van der Waals surface area contributed by atoms with Crippen LogP contribution >= 0.6 is 0 Å². The molecule has 0 spiro atoms. The topological polar surface area (TPSA) is 89.8 Å². The number of hydrogen-bond acceptors (Lipinski definition) is 5. The first-order chi connectivity index (χ1) is 5.33. The number of rotatable bonds is 3. The van der Waals surface area contributed by atoms with Crippen LogP contribution in [-0.2, 0) is 0 Å². The minimum absolute atomic E-state index is 0.281. The van der Waals surface area contributed by atoms with Crippen molar-refractivity contribution in [3.05, 3.63) is 12.4 Å². The van der Waals surface area contributed by atoms with Gasteiger partial charge in [-0.05, 0) is 0 Å². The molecular weight excluding hydrogens is 142 g/mol. The summed E-state index contributed by atoms with van der Waals surface area (Å²) in [6.45, 7) is 1.30. The van der Waals surface area contributed by atoms with Crippen LogP contribution in [0, 0.1) is 0 Å². The third kappa shape index (κ3) is 2.38. The molecule has 1 rings (SSSR count). The van der Waals surface area contributed by atoms with Gasteiger partial charge < -0.3 is 16.8 Å². The Morgan fingerprint density at radius 2 is 2.00 bits per heavy atom. The molecule has 0 amide bonds. The number of nitrogen functional groups attached to an aromatic ring is 1. The lowest BCUT2D eigenvalue weighted by atomic mass is 10.5. The lowest BCUT2D eigenvalue weighted by Gasteiger charge is -2.01. The van der Waals surface area contributed by atoms with E-state index in [1.807, 2.05) is 0 Å². The fraction of sp³-hybridized carbons (Fsp3) is 0.333. The van der Waals surface area contributed by atoms with Crippen LogP contribution in [0.4, 0.5) is 11.6 Å². The van der Waals surface area contributed by atoms with Gasteiger partial charge in [0.15, 0.2) is 0 Å². The van der Waals surface area contributed by atoms with Crippen LogP contribution in [0.2, 0.25) is 0 Å². The van der Waals surface area contributed by atoms with Crippen LogP contribution < -0.4 is 16.8 Å². The molecule has 0 saturated carbocycles. The van der Waals surface area contributed by atoms with Gasteiger partial charge in [-0.1, -0.05) is 0 Å². The average Bonchev–Trinajstić information content (AvgIpc) is 2.04. The first-order valence-electron chi connectivity index (χ1n) is 3.34. The second-order valence-corrected chi connectivity index (χ2v) is 2.05. The van der Waals surface area contributed by atoms with Crippen molar-refractivity contribution in [1.82, 2.24) is 9.97 Å². The number of nitrogens with zero attached hydrogens (tertiary/aromatic N) is 2. The lowest BCUT2D eigenvalue weighted by molar-refractivity contribution is 1.02. The summed E-state index contributed by atoms with van der Waals surface area (Å²) in [5.74, 6) is 0.281. The Morgan fingerprint density at radius 1 is 1.36 bits per heavy atom. The molecule has 1 heterocycles. The number of aromatic nitrogens is 2. The molecule has 0 radical (unpaired) electrons. The molecule has 60 valence electrons. The molecule has 0 aliphatic carbocycles. The summed E-state index contributed by atoms with van der Waals surface area (Å²) >= 11 is 0. The number of anilines is 2. The monoisotopic (exact) mass is 153 g/mol. The minimum atomic E-state index is 0.281. The highest BCUT2D eigenvalue weighted by molar-refractivity contribution is 5.39. The van der Waals surface area contributed by atoms with Crippen LogP contribution in [0.15, 0.2) is 12.4 Å². The average molecular weight is 153 g/mol. The van der Waals surface area contributed by atoms with Gasteiger partial charge in [0, 0.05) is 13.1 Å². The van der Waals surface area contributed by atoms with E-state index in [2.05, 4.69) is 15.3 Å². The van der Waals surface area contributed by atoms with Gasteiger partial charge in [-0.3, -0.25) is 0 Å². The molecule has 0 aliphatic rings. The Bertz CT molecular complexity index is 207. The summed E-state index contributed by atoms with van der Waals surface area (Å²) in [6.07, 6.45) is 3.25. The molecule has 0 aromatic carbocycles. The molecule has 0 fully saturated rings. The number of nitrogens with two attached hydrogens (primary N) is 2. The summed E-state index contributed by atoms with van der Waals surface area (Å²) in [4.78, 5) is 7.59. The quantitative estimate of drug-likeness (QED) is 0.541. The van der Waals surface area contributed by atoms with Crippen molar-refractivity contribution < 1.29 is 0 Å². The summed E-state index contributed by atoms with van der Waals surface area (Å²) in [6, 6.07) is 0. The van der Waals surface area contributed by atoms with Gasteiger partial charge in [-0.25, -0.2) is 9.97 Å². The summed E-state index contributed by atoms with van der Waals surface area (Å²) in [7, 11) is 0. The van der Waals surface area contributed by atoms with Crippen molar-refractivity contribution in [1.29, 1.82) is 0 Å². The maximum Gasteiger partial charge on any atom is 0.220 e. The highest BCUT2D eigenvalue weighted by atomic mass is 15.0. The van der Waals surface area contributed by atoms with Gasteiger partial charge in [0.05, 0.1) is 18.1 Å². The first kappa shape index (κ1) is 7.74. The lowest BCUT2D eigenvalue weighted by Crippen LogP contribution is -2.13. The molecule has 1 aromatic heterocycles. The smallest absolute Gasteiger partial charge is 0.220 e. The van der Waals surface area contributed by atoms with Crippen molar-refractivity contribution in [3.63, 3.8) is 0 Å². The normalized spacial score (nSPS) is 9.55. The summed E-state index contributed by atoms with van der Waals surface area (Å²) < 4.78 is 0. The van der Waals surface area contributed by atoms with E-state index < -0.39 is 0 Å². The molecule has 1 aromatic rings. The maximum absolute atomic E-state index is 5.28. The predicted octanol–water partition coefficient (Wildman–Crippen LogP) is -0.571. The predicted molar refractivity (Wildman–Crippen MR) is 44.0 cm³/mol. The van der Waals surface area contributed by atoms with Crippen molar-refractivity contribution in [2.45, 2.75) is 0 Å². The van der Waals surface area contributed by atoms with Crippen LogP contribution in [-0.4, -0.2) is 23.1 Å². The zero-order valence-electron chi connectivity index (χ0n) is 6.12. The molecule has 5 heteroatoms. The van der Waals surface area contributed by atoms with Crippen molar-refractivity contribution >= 4 is 11.6 Å². The van der Waals surface area contributed by atoms with E-state index in [-0.39, 0.29) is 5.95 Å². The van der Waals surface area contributed by atoms with E-state index in [1.54, 1.807) is 12.4 Å². The fourth-order valence-corrected chi connectivity index (χ4v) is 0.646. The minimum Gasteiger partial charge on any atom is -0.381 e. The Hall–Kier alpha value is -1.36. The van der Waals surface area contributed by atoms with Gasteiger partial charge in [-0.2, -0.15) is 0 Å². The molecule has 0 unspecified atom stereocenters. The van der Waals surface area contributed by atoms with E-state index in [1.165, 1.54) is 0 Å². The molecule has 5 nitrogen and oxygen atoms in total. The van der Waals surface area contributed by atoms with E-state index in [4.69, 9.17) is 11.5 Å². The molecule has 11 heavy (non-hydrogen) atoms. The summed E-state index contributed by atoms with van der Waals surface area (Å²) in [5.41, 5.74) is 11.4. The number of hydrogen-bond donors (Lipinski definition) is 3. The van der Waals surface area contributed by atoms with Gasteiger partial charge in [0.25, 0.3) is 0 Å². The van der Waals surface area contributed by atoms with E-state index in [0.717, 1.165) is 5.69 Å². The first-order valence-corrected chi connectivity index (χ1v) is 3.34. The Balaban J connectivity index is 2.52. The van der Waals surface area contributed by atoms with Crippen molar-refractivity contribution in [2.24, 2.45) is 5.73 Å². The van der Waals surface area contributed by atoms with Crippen LogP contribution in [0.3, 0.4) is 0 Å². The third-order valence-electron chi connectivity index (χ3n) is 1.15.